The monoisotopic (exact) mass is 385 g/mol. The summed E-state index contributed by atoms with van der Waals surface area (Å²) in [7, 11) is 1.57. The van der Waals surface area contributed by atoms with E-state index in [1.54, 1.807) is 61.7 Å². The van der Waals surface area contributed by atoms with Gasteiger partial charge in [0, 0.05) is 34.4 Å². The number of ether oxygens (including phenoxy) is 1. The number of benzene rings is 3. The number of methoxy groups -OCH3 is 1. The molecule has 3 aromatic rings. The van der Waals surface area contributed by atoms with Crippen LogP contribution in [0.5, 0.6) is 11.5 Å². The molecule has 0 spiro atoms. The number of Topliss-reactive ketones (excluding diaryl/α,β-unsaturated/α-hetero) is 1. The van der Waals surface area contributed by atoms with Gasteiger partial charge in [0.05, 0.1) is 7.11 Å². The van der Waals surface area contributed by atoms with E-state index in [4.69, 9.17) is 4.74 Å². The number of hydrogen-bond donors (Lipinski definition) is 2. The van der Waals surface area contributed by atoms with Crippen LogP contribution in [0.25, 0.3) is 6.08 Å². The number of phenolic OH excluding ortho intramolecular Hbond substituents is 1. The third-order valence-corrected chi connectivity index (χ3v) is 4.89. The molecule has 0 aromatic heterocycles. The minimum absolute atomic E-state index is 0.0800. The first-order valence-electron chi connectivity index (χ1n) is 9.17. The summed E-state index contributed by atoms with van der Waals surface area (Å²) in [6.07, 6.45) is 2.19. The molecule has 0 heterocycles. The summed E-state index contributed by atoms with van der Waals surface area (Å²) in [6, 6.07) is 19.1. The van der Waals surface area contributed by atoms with Crippen LogP contribution in [0.15, 0.2) is 72.3 Å². The van der Waals surface area contributed by atoms with Crippen LogP contribution >= 0.6 is 0 Å². The number of aromatic hydroxyl groups is 1. The first-order valence-corrected chi connectivity index (χ1v) is 9.17. The Labute approximate surface area is 168 Å². The summed E-state index contributed by atoms with van der Waals surface area (Å²) in [5, 5.41) is 12.8. The van der Waals surface area contributed by atoms with Crippen LogP contribution in [0.2, 0.25) is 0 Å². The van der Waals surface area contributed by atoms with Gasteiger partial charge in [-0.2, -0.15) is 0 Å². The summed E-state index contributed by atoms with van der Waals surface area (Å²) < 4.78 is 5.10. The van der Waals surface area contributed by atoms with E-state index >= 15 is 0 Å². The second kappa shape index (κ2) is 7.64. The van der Waals surface area contributed by atoms with E-state index in [1.165, 1.54) is 0 Å². The molecule has 4 rings (SSSR count). The van der Waals surface area contributed by atoms with E-state index in [2.05, 4.69) is 5.32 Å². The van der Waals surface area contributed by atoms with Crippen molar-refractivity contribution in [2.45, 2.75) is 6.42 Å². The van der Waals surface area contributed by atoms with Gasteiger partial charge in [-0.1, -0.05) is 24.3 Å². The molecule has 1 aliphatic carbocycles. The predicted molar refractivity (Wildman–Crippen MR) is 112 cm³/mol. The molecule has 0 atom stereocenters. The molecule has 1 aliphatic rings. The van der Waals surface area contributed by atoms with Gasteiger partial charge in [0.1, 0.15) is 11.5 Å². The van der Waals surface area contributed by atoms with Crippen molar-refractivity contribution >= 4 is 23.5 Å². The maximum absolute atomic E-state index is 12.6. The van der Waals surface area contributed by atoms with Gasteiger partial charge in [-0.05, 0) is 54.1 Å². The van der Waals surface area contributed by atoms with E-state index in [0.29, 0.717) is 40.1 Å². The molecule has 5 heteroatoms. The van der Waals surface area contributed by atoms with Crippen molar-refractivity contribution in [3.05, 3.63) is 94.6 Å². The summed E-state index contributed by atoms with van der Waals surface area (Å²) in [5.41, 5.74) is 3.76. The summed E-state index contributed by atoms with van der Waals surface area (Å²) in [4.78, 5) is 25.1. The van der Waals surface area contributed by atoms with E-state index in [-0.39, 0.29) is 17.4 Å². The molecule has 0 radical (unpaired) electrons. The van der Waals surface area contributed by atoms with Crippen LogP contribution < -0.4 is 10.1 Å². The molecule has 0 aliphatic heterocycles. The summed E-state index contributed by atoms with van der Waals surface area (Å²) in [5.74, 6) is 0.512. The molecular formula is C24H19NO4. The molecule has 0 bridgehead atoms. The smallest absolute Gasteiger partial charge is 0.255 e. The molecule has 0 fully saturated rings. The highest BCUT2D eigenvalue weighted by molar-refractivity contribution is 6.16. The van der Waals surface area contributed by atoms with Crippen molar-refractivity contribution < 1.29 is 19.4 Å². The van der Waals surface area contributed by atoms with E-state index in [9.17, 15) is 14.7 Å². The number of fused-ring (bicyclic) bond motifs is 1. The first-order chi connectivity index (χ1) is 14.0. The third-order valence-electron chi connectivity index (χ3n) is 4.89. The lowest BCUT2D eigenvalue weighted by molar-refractivity contribution is 0.102. The van der Waals surface area contributed by atoms with Gasteiger partial charge in [0.25, 0.3) is 5.91 Å². The number of carbonyl (C=O) groups is 2. The van der Waals surface area contributed by atoms with Gasteiger partial charge in [0.15, 0.2) is 5.78 Å². The van der Waals surface area contributed by atoms with Crippen LogP contribution in [-0.4, -0.2) is 23.9 Å². The quantitative estimate of drug-likeness (QED) is 0.650. The Morgan fingerprint density at radius 2 is 1.83 bits per heavy atom. The fourth-order valence-electron chi connectivity index (χ4n) is 3.39. The van der Waals surface area contributed by atoms with Gasteiger partial charge in [-0.25, -0.2) is 0 Å². The van der Waals surface area contributed by atoms with Crippen molar-refractivity contribution in [3.8, 4) is 11.5 Å². The maximum Gasteiger partial charge on any atom is 0.255 e. The SMILES string of the molecule is COc1ccc(C(=O)Nc2cccc(/C=C3\Cc4c(O)cccc4C3=O)c2)cc1. The molecule has 29 heavy (non-hydrogen) atoms. The fraction of sp³-hybridized carbons (Fsp3) is 0.0833. The molecule has 1 amide bonds. The zero-order valence-electron chi connectivity index (χ0n) is 15.8. The molecule has 0 saturated heterocycles. The highest BCUT2D eigenvalue weighted by Crippen LogP contribution is 2.33. The number of rotatable bonds is 4. The second-order valence-corrected chi connectivity index (χ2v) is 6.79. The molecule has 0 saturated carbocycles. The van der Waals surface area contributed by atoms with Crippen molar-refractivity contribution in [2.75, 3.05) is 12.4 Å². The van der Waals surface area contributed by atoms with Gasteiger partial charge in [-0.15, -0.1) is 0 Å². The standard InChI is InChI=1S/C24H19NO4/c1-29-19-10-8-16(9-11-19)24(28)25-18-5-2-4-15(13-18)12-17-14-21-20(23(17)27)6-3-7-22(21)26/h2-13,26H,14H2,1H3,(H,25,28)/b17-12+. The zero-order chi connectivity index (χ0) is 20.4. The Morgan fingerprint density at radius 1 is 1.07 bits per heavy atom. The molecule has 144 valence electrons. The molecule has 0 unspecified atom stereocenters. The van der Waals surface area contributed by atoms with Gasteiger partial charge in [-0.3, -0.25) is 9.59 Å². The van der Waals surface area contributed by atoms with Crippen molar-refractivity contribution in [3.63, 3.8) is 0 Å². The first kappa shape index (κ1) is 18.5. The number of phenols is 1. The molecule has 3 aromatic carbocycles. The number of carbonyl (C=O) groups excluding carboxylic acids is 2. The van der Waals surface area contributed by atoms with Crippen molar-refractivity contribution in [1.82, 2.24) is 0 Å². The lowest BCUT2D eigenvalue weighted by atomic mass is 10.1. The van der Waals surface area contributed by atoms with Crippen LogP contribution in [0.4, 0.5) is 5.69 Å². The Morgan fingerprint density at radius 3 is 2.55 bits per heavy atom. The van der Waals surface area contributed by atoms with Crippen LogP contribution in [0.1, 0.15) is 31.8 Å². The fourth-order valence-corrected chi connectivity index (χ4v) is 3.39. The minimum atomic E-state index is -0.230. The van der Waals surface area contributed by atoms with E-state index < -0.39 is 0 Å². The Hall–Kier alpha value is -3.86. The lowest BCUT2D eigenvalue weighted by Gasteiger charge is -2.07. The zero-order valence-corrected chi connectivity index (χ0v) is 15.8. The van der Waals surface area contributed by atoms with E-state index in [0.717, 1.165) is 5.56 Å². The normalized spacial score (nSPS) is 14.0. The van der Waals surface area contributed by atoms with Crippen molar-refractivity contribution in [2.24, 2.45) is 0 Å². The van der Waals surface area contributed by atoms with Gasteiger partial charge >= 0.3 is 0 Å². The summed E-state index contributed by atoms with van der Waals surface area (Å²) >= 11 is 0. The number of hydrogen-bond acceptors (Lipinski definition) is 4. The van der Waals surface area contributed by atoms with E-state index in [1.807, 2.05) is 18.2 Å². The average Bonchev–Trinajstić information content (AvgIpc) is 3.05. The number of ketones is 1. The third kappa shape index (κ3) is 3.75. The topological polar surface area (TPSA) is 75.6 Å². The van der Waals surface area contributed by atoms with Gasteiger partial charge < -0.3 is 15.2 Å². The molecule has 2 N–H and O–H groups in total. The lowest BCUT2D eigenvalue weighted by Crippen LogP contribution is -2.11. The minimum Gasteiger partial charge on any atom is -0.508 e. The number of amides is 1. The number of anilines is 1. The Kier molecular flexibility index (Phi) is 4.87. The largest absolute Gasteiger partial charge is 0.508 e. The summed E-state index contributed by atoms with van der Waals surface area (Å²) in [6.45, 7) is 0. The molecular weight excluding hydrogens is 366 g/mol. The highest BCUT2D eigenvalue weighted by Gasteiger charge is 2.26. The van der Waals surface area contributed by atoms with Crippen molar-refractivity contribution in [1.29, 1.82) is 0 Å². The van der Waals surface area contributed by atoms with Crippen LogP contribution in [-0.2, 0) is 6.42 Å². The average molecular weight is 385 g/mol. The van der Waals surface area contributed by atoms with Crippen LogP contribution in [0, 0.1) is 0 Å². The molecule has 5 nitrogen and oxygen atoms in total. The Bertz CT molecular complexity index is 1130. The second-order valence-electron chi connectivity index (χ2n) is 6.79. The Balaban J connectivity index is 1.53. The highest BCUT2D eigenvalue weighted by atomic mass is 16.5. The number of nitrogens with one attached hydrogen (secondary N) is 1. The number of allylic oxidation sites excluding steroid dienone is 1. The van der Waals surface area contributed by atoms with Gasteiger partial charge in [0.2, 0.25) is 0 Å². The van der Waals surface area contributed by atoms with Crippen LogP contribution in [0.3, 0.4) is 0 Å². The predicted octanol–water partition coefficient (Wildman–Crippen LogP) is 4.48. The maximum atomic E-state index is 12.6.